The first-order valence-electron chi connectivity index (χ1n) is 7.84. The minimum Gasteiger partial charge on any atom is -0.321 e. The molecule has 4 heteroatoms. The van der Waals surface area contributed by atoms with E-state index in [1.54, 1.807) is 16.9 Å². The van der Waals surface area contributed by atoms with Crippen LogP contribution in [-0.2, 0) is 12.8 Å². The number of aromatic nitrogens is 2. The Labute approximate surface area is 134 Å². The Morgan fingerprint density at radius 3 is 2.70 bits per heavy atom. The summed E-state index contributed by atoms with van der Waals surface area (Å²) >= 11 is 0. The van der Waals surface area contributed by atoms with E-state index in [9.17, 15) is 4.79 Å². The molecule has 0 radical (unpaired) electrons. The molecule has 0 bridgehead atoms. The third kappa shape index (κ3) is 2.75. The number of nitrogens with one attached hydrogen (secondary N) is 1. The average Bonchev–Trinajstić information content (AvgIpc) is 3.24. The lowest BCUT2D eigenvalue weighted by molar-refractivity contribution is 0.102. The zero-order valence-electron chi connectivity index (χ0n) is 12.7. The highest BCUT2D eigenvalue weighted by Gasteiger charge is 2.14. The monoisotopic (exact) mass is 303 g/mol. The topological polar surface area (TPSA) is 46.9 Å². The smallest absolute Gasteiger partial charge is 0.276 e. The number of nitrogens with zero attached hydrogens (tertiary/aromatic N) is 2. The number of carbonyl (C=O) groups excluding carboxylic acids is 1. The molecule has 1 heterocycles. The summed E-state index contributed by atoms with van der Waals surface area (Å²) < 4.78 is 1.71. The molecule has 0 saturated carbocycles. The summed E-state index contributed by atoms with van der Waals surface area (Å²) in [6.45, 7) is 0. The zero-order chi connectivity index (χ0) is 15.6. The Hall–Kier alpha value is -2.88. The maximum absolute atomic E-state index is 12.4. The van der Waals surface area contributed by atoms with Gasteiger partial charge in [-0.3, -0.25) is 4.79 Å². The second kappa shape index (κ2) is 5.72. The van der Waals surface area contributed by atoms with Gasteiger partial charge in [0.1, 0.15) is 0 Å². The van der Waals surface area contributed by atoms with Crippen molar-refractivity contribution >= 4 is 11.6 Å². The minimum absolute atomic E-state index is 0.183. The van der Waals surface area contributed by atoms with Crippen molar-refractivity contribution in [2.24, 2.45) is 0 Å². The van der Waals surface area contributed by atoms with Crippen LogP contribution in [0.5, 0.6) is 0 Å². The molecule has 0 fully saturated rings. The molecule has 1 amide bonds. The van der Waals surface area contributed by atoms with Crippen LogP contribution in [0.1, 0.15) is 28.0 Å². The van der Waals surface area contributed by atoms with E-state index in [1.165, 1.54) is 17.5 Å². The lowest BCUT2D eigenvalue weighted by Gasteiger charge is -2.06. The summed E-state index contributed by atoms with van der Waals surface area (Å²) in [5, 5.41) is 7.29. The van der Waals surface area contributed by atoms with Crippen molar-refractivity contribution in [2.45, 2.75) is 19.3 Å². The molecular formula is C19H17N3O. The highest BCUT2D eigenvalue weighted by atomic mass is 16.1. The Kier molecular flexibility index (Phi) is 3.42. The number of anilines is 1. The van der Waals surface area contributed by atoms with Crippen molar-refractivity contribution in [1.29, 1.82) is 0 Å². The van der Waals surface area contributed by atoms with Gasteiger partial charge in [-0.05, 0) is 60.7 Å². The summed E-state index contributed by atoms with van der Waals surface area (Å²) in [4.78, 5) is 12.4. The first-order chi connectivity index (χ1) is 11.3. The maximum atomic E-state index is 12.4. The van der Waals surface area contributed by atoms with E-state index >= 15 is 0 Å². The van der Waals surface area contributed by atoms with Crippen molar-refractivity contribution < 1.29 is 4.79 Å². The van der Waals surface area contributed by atoms with E-state index in [0.717, 1.165) is 24.2 Å². The van der Waals surface area contributed by atoms with E-state index in [2.05, 4.69) is 22.5 Å². The van der Waals surface area contributed by atoms with Gasteiger partial charge in [0.25, 0.3) is 5.91 Å². The SMILES string of the molecule is O=C(Nc1ccc2c(c1)CCC2)c1ccn(-c2ccccc2)n1. The number of carbonyl (C=O) groups is 1. The van der Waals surface area contributed by atoms with E-state index in [4.69, 9.17) is 0 Å². The molecule has 0 unspecified atom stereocenters. The van der Waals surface area contributed by atoms with Crippen molar-refractivity contribution in [1.82, 2.24) is 9.78 Å². The van der Waals surface area contributed by atoms with E-state index < -0.39 is 0 Å². The Morgan fingerprint density at radius 2 is 1.83 bits per heavy atom. The van der Waals surface area contributed by atoms with Crippen molar-refractivity contribution in [3.63, 3.8) is 0 Å². The number of fused-ring (bicyclic) bond motifs is 1. The Bertz CT molecular complexity index is 852. The lowest BCUT2D eigenvalue weighted by Crippen LogP contribution is -2.13. The molecule has 3 aromatic rings. The second-order valence-corrected chi connectivity index (χ2v) is 5.77. The average molecular weight is 303 g/mol. The summed E-state index contributed by atoms with van der Waals surface area (Å²) in [5.74, 6) is -0.183. The summed E-state index contributed by atoms with van der Waals surface area (Å²) in [6, 6.07) is 17.6. The molecule has 23 heavy (non-hydrogen) atoms. The minimum atomic E-state index is -0.183. The summed E-state index contributed by atoms with van der Waals surface area (Å²) in [6.07, 6.45) is 5.24. The van der Waals surface area contributed by atoms with Crippen LogP contribution in [0, 0.1) is 0 Å². The number of benzene rings is 2. The standard InChI is InChI=1S/C19H17N3O/c23-19(20-16-10-9-14-5-4-6-15(14)13-16)18-11-12-22(21-18)17-7-2-1-3-8-17/h1-3,7-13H,4-6H2,(H,20,23). The van der Waals surface area contributed by atoms with Crippen molar-refractivity contribution in [3.05, 3.63) is 77.6 Å². The van der Waals surface area contributed by atoms with Gasteiger partial charge in [0, 0.05) is 11.9 Å². The molecular weight excluding hydrogens is 286 g/mol. The summed E-state index contributed by atoms with van der Waals surface area (Å²) in [7, 11) is 0. The van der Waals surface area contributed by atoms with Crippen LogP contribution in [0.3, 0.4) is 0 Å². The predicted octanol–water partition coefficient (Wildman–Crippen LogP) is 3.61. The molecule has 1 aliphatic rings. The van der Waals surface area contributed by atoms with E-state index in [1.807, 2.05) is 36.4 Å². The van der Waals surface area contributed by atoms with Gasteiger partial charge < -0.3 is 5.32 Å². The zero-order valence-corrected chi connectivity index (χ0v) is 12.7. The van der Waals surface area contributed by atoms with Gasteiger partial charge >= 0.3 is 0 Å². The number of hydrogen-bond donors (Lipinski definition) is 1. The highest BCUT2D eigenvalue weighted by Crippen LogP contribution is 2.25. The van der Waals surface area contributed by atoms with E-state index in [-0.39, 0.29) is 5.91 Å². The molecule has 4 rings (SSSR count). The normalized spacial score (nSPS) is 12.9. The molecule has 0 spiro atoms. The van der Waals surface area contributed by atoms with Gasteiger partial charge in [-0.25, -0.2) is 4.68 Å². The summed E-state index contributed by atoms with van der Waals surface area (Å²) in [5.41, 5.74) is 4.93. The van der Waals surface area contributed by atoms with Gasteiger partial charge in [-0.1, -0.05) is 24.3 Å². The van der Waals surface area contributed by atoms with Crippen molar-refractivity contribution in [3.8, 4) is 5.69 Å². The molecule has 0 saturated heterocycles. The third-order valence-corrected chi connectivity index (χ3v) is 4.20. The maximum Gasteiger partial charge on any atom is 0.276 e. The fourth-order valence-electron chi connectivity index (χ4n) is 3.01. The molecule has 0 aliphatic heterocycles. The molecule has 1 aromatic heterocycles. The van der Waals surface area contributed by atoms with Crippen LogP contribution in [0.2, 0.25) is 0 Å². The third-order valence-electron chi connectivity index (χ3n) is 4.20. The van der Waals surface area contributed by atoms with Crippen LogP contribution in [0.25, 0.3) is 5.69 Å². The number of aryl methyl sites for hydroxylation is 2. The number of rotatable bonds is 3. The quantitative estimate of drug-likeness (QED) is 0.803. The molecule has 114 valence electrons. The van der Waals surface area contributed by atoms with Crippen LogP contribution < -0.4 is 5.32 Å². The van der Waals surface area contributed by atoms with Crippen LogP contribution >= 0.6 is 0 Å². The molecule has 4 nitrogen and oxygen atoms in total. The number of para-hydroxylation sites is 1. The first-order valence-corrected chi connectivity index (χ1v) is 7.84. The second-order valence-electron chi connectivity index (χ2n) is 5.77. The van der Waals surface area contributed by atoms with Crippen LogP contribution in [0.4, 0.5) is 5.69 Å². The van der Waals surface area contributed by atoms with Crippen molar-refractivity contribution in [2.75, 3.05) is 5.32 Å². The van der Waals surface area contributed by atoms with Gasteiger partial charge in [0.2, 0.25) is 0 Å². The molecule has 2 aromatic carbocycles. The van der Waals surface area contributed by atoms with Gasteiger partial charge in [0.15, 0.2) is 5.69 Å². The Morgan fingerprint density at radius 1 is 1.00 bits per heavy atom. The fourth-order valence-corrected chi connectivity index (χ4v) is 3.01. The lowest BCUT2D eigenvalue weighted by atomic mass is 10.1. The van der Waals surface area contributed by atoms with Crippen LogP contribution in [-0.4, -0.2) is 15.7 Å². The Balaban J connectivity index is 1.52. The fraction of sp³-hybridized carbons (Fsp3) is 0.158. The number of amides is 1. The largest absolute Gasteiger partial charge is 0.321 e. The highest BCUT2D eigenvalue weighted by molar-refractivity contribution is 6.02. The first kappa shape index (κ1) is 13.8. The van der Waals surface area contributed by atoms with Gasteiger partial charge in [-0.15, -0.1) is 0 Å². The van der Waals surface area contributed by atoms with E-state index in [0.29, 0.717) is 5.69 Å². The predicted molar refractivity (Wildman–Crippen MR) is 90.0 cm³/mol. The van der Waals surface area contributed by atoms with Gasteiger partial charge in [-0.2, -0.15) is 5.10 Å². The molecule has 1 N–H and O–H groups in total. The number of hydrogen-bond acceptors (Lipinski definition) is 2. The van der Waals surface area contributed by atoms with Gasteiger partial charge in [0.05, 0.1) is 5.69 Å². The van der Waals surface area contributed by atoms with Crippen LogP contribution in [0.15, 0.2) is 60.8 Å². The molecule has 0 atom stereocenters. The molecule has 1 aliphatic carbocycles.